The summed E-state index contributed by atoms with van der Waals surface area (Å²) in [5.41, 5.74) is 4.58. The lowest BCUT2D eigenvalue weighted by Gasteiger charge is -2.19. The van der Waals surface area contributed by atoms with Gasteiger partial charge in [-0.3, -0.25) is 10.4 Å². The Morgan fingerprint density at radius 3 is 2.53 bits per heavy atom. The number of carbonyl (C=O) groups excluding carboxylic acids is 1. The van der Waals surface area contributed by atoms with Crippen LogP contribution in [-0.4, -0.2) is 41.9 Å². The molecule has 0 radical (unpaired) electrons. The number of aryl methyl sites for hydroxylation is 1. The van der Waals surface area contributed by atoms with Crippen LogP contribution in [0.15, 0.2) is 47.7 Å². The predicted octanol–water partition coefficient (Wildman–Crippen LogP) is 3.73. The van der Waals surface area contributed by atoms with E-state index in [4.69, 9.17) is 16.0 Å². The van der Waals surface area contributed by atoms with E-state index in [9.17, 15) is 14.7 Å². The van der Waals surface area contributed by atoms with Crippen LogP contribution < -0.4 is 21.2 Å². The molecule has 0 unspecified atom stereocenters. The summed E-state index contributed by atoms with van der Waals surface area (Å²) in [6.45, 7) is 3.74. The van der Waals surface area contributed by atoms with Gasteiger partial charge in [0.2, 0.25) is 0 Å². The van der Waals surface area contributed by atoms with E-state index in [-0.39, 0.29) is 18.0 Å². The zero-order valence-electron chi connectivity index (χ0n) is 19.9. The van der Waals surface area contributed by atoms with Gasteiger partial charge in [0.05, 0.1) is 5.71 Å². The Kier molecular flexibility index (Phi) is 7.57. The quantitative estimate of drug-likeness (QED) is 0.126. The number of rotatable bonds is 9. The smallest absolute Gasteiger partial charge is 0.352 e. The summed E-state index contributed by atoms with van der Waals surface area (Å²) in [7, 11) is 3.00. The molecule has 3 rings (SSSR count). The molecule has 0 atom stereocenters. The lowest BCUT2D eigenvalue weighted by atomic mass is 9.99. The van der Waals surface area contributed by atoms with Crippen molar-refractivity contribution in [3.63, 3.8) is 0 Å². The largest absolute Gasteiger partial charge is 0.489 e. The van der Waals surface area contributed by atoms with Gasteiger partial charge in [0.25, 0.3) is 0 Å². The number of ether oxygens (including phenoxy) is 1. The number of nitrogens with one attached hydrogen (secondary N) is 3. The summed E-state index contributed by atoms with van der Waals surface area (Å²) in [6, 6.07) is 10.7. The Morgan fingerprint density at radius 1 is 1.26 bits per heavy atom. The zero-order valence-corrected chi connectivity index (χ0v) is 19.9. The Balaban J connectivity index is 1.83. The molecule has 34 heavy (non-hydrogen) atoms. The average molecular weight is 466 g/mol. The maximum Gasteiger partial charge on any atom is 0.352 e. The number of nitrogens with two attached hydrogens (primary N) is 1. The first-order valence-electron chi connectivity index (χ1n) is 11.0. The van der Waals surface area contributed by atoms with Crippen LogP contribution in [0, 0.1) is 12.3 Å². The van der Waals surface area contributed by atoms with Crippen molar-refractivity contribution in [1.29, 1.82) is 5.41 Å². The molecule has 9 heteroatoms. The lowest BCUT2D eigenvalue weighted by molar-refractivity contribution is -0.133. The Hall–Kier alpha value is -3.85. The molecule has 1 aliphatic rings. The van der Waals surface area contributed by atoms with E-state index >= 15 is 0 Å². The lowest BCUT2D eigenvalue weighted by Crippen LogP contribution is -2.37. The summed E-state index contributed by atoms with van der Waals surface area (Å²) in [4.78, 5) is 23.5. The van der Waals surface area contributed by atoms with Crippen LogP contribution in [0.3, 0.4) is 0 Å². The Labute approximate surface area is 199 Å². The standard InChI is InChI=1S/C25H31N5O4/c1-14-12-17(22(26)15(2)23(28-3)24(31)32)10-11-21(14)34-13-19-18(16-8-9-16)6-5-7-20(19)29-25(33)30(4)27/h5-7,10-12,16,26,28H,8-9,13,27H2,1-4H3,(H,29,33)(H,31,32)/b23-15-,26-22?. The van der Waals surface area contributed by atoms with Gasteiger partial charge in [-0.05, 0) is 68.0 Å². The van der Waals surface area contributed by atoms with Crippen LogP contribution in [-0.2, 0) is 11.4 Å². The molecular weight excluding hydrogens is 434 g/mol. The van der Waals surface area contributed by atoms with Crippen molar-refractivity contribution in [2.24, 2.45) is 5.84 Å². The van der Waals surface area contributed by atoms with Gasteiger partial charge in [0, 0.05) is 36.5 Å². The number of aliphatic carboxylic acids is 1. The van der Waals surface area contributed by atoms with Crippen LogP contribution in [0.25, 0.3) is 0 Å². The maximum absolute atomic E-state index is 12.1. The van der Waals surface area contributed by atoms with Gasteiger partial charge in [-0.1, -0.05) is 12.1 Å². The Bertz CT molecular complexity index is 1150. The number of urea groups is 1. The number of likely N-dealkylation sites (N-methyl/N-ethyl adjacent to an activating group) is 1. The molecule has 0 heterocycles. The number of carbonyl (C=O) groups is 2. The highest BCUT2D eigenvalue weighted by atomic mass is 16.5. The van der Waals surface area contributed by atoms with Crippen LogP contribution in [0.2, 0.25) is 0 Å². The van der Waals surface area contributed by atoms with Crippen molar-refractivity contribution < 1.29 is 19.4 Å². The molecule has 0 saturated heterocycles. The molecule has 1 fully saturated rings. The molecule has 6 N–H and O–H groups in total. The van der Waals surface area contributed by atoms with Crippen molar-refractivity contribution in [2.45, 2.75) is 39.2 Å². The summed E-state index contributed by atoms with van der Waals surface area (Å²) in [5.74, 6) is 5.56. The van der Waals surface area contributed by atoms with Gasteiger partial charge in [-0.15, -0.1) is 0 Å². The molecule has 1 saturated carbocycles. The number of nitrogens with zero attached hydrogens (tertiary/aromatic N) is 1. The fourth-order valence-electron chi connectivity index (χ4n) is 3.78. The van der Waals surface area contributed by atoms with Gasteiger partial charge in [-0.25, -0.2) is 15.4 Å². The predicted molar refractivity (Wildman–Crippen MR) is 131 cm³/mol. The minimum atomic E-state index is -1.11. The maximum atomic E-state index is 12.1. The number of amides is 2. The van der Waals surface area contributed by atoms with Crippen molar-refractivity contribution in [1.82, 2.24) is 10.3 Å². The molecular formula is C25H31N5O4. The monoisotopic (exact) mass is 465 g/mol. The zero-order chi connectivity index (χ0) is 25.0. The Morgan fingerprint density at radius 2 is 1.97 bits per heavy atom. The van der Waals surface area contributed by atoms with E-state index in [0.717, 1.165) is 34.5 Å². The highest BCUT2D eigenvalue weighted by molar-refractivity contribution is 6.13. The number of hydrazine groups is 1. The number of hydrogen-bond acceptors (Lipinski definition) is 6. The molecule has 1 aliphatic carbocycles. The SMILES string of the molecule is CN/C(C(=O)O)=C(/C)C(=N)c1ccc(OCc2c(NC(=O)N(C)N)cccc2C2CC2)c(C)c1. The normalized spacial score (nSPS) is 13.6. The van der Waals surface area contributed by atoms with E-state index in [1.165, 1.54) is 14.1 Å². The van der Waals surface area contributed by atoms with Crippen LogP contribution in [0.1, 0.15) is 47.9 Å². The number of benzene rings is 2. The molecule has 2 aromatic carbocycles. The van der Waals surface area contributed by atoms with Crippen LogP contribution >= 0.6 is 0 Å². The molecule has 9 nitrogen and oxygen atoms in total. The third-order valence-electron chi connectivity index (χ3n) is 5.84. The van der Waals surface area contributed by atoms with Crippen molar-refractivity contribution in [3.05, 3.63) is 69.9 Å². The van der Waals surface area contributed by atoms with Crippen molar-refractivity contribution in [2.75, 3.05) is 19.4 Å². The number of carboxylic acids is 1. The second-order valence-corrected chi connectivity index (χ2v) is 8.39. The van der Waals surface area contributed by atoms with Crippen LogP contribution in [0.4, 0.5) is 10.5 Å². The fraction of sp³-hybridized carbons (Fsp3) is 0.320. The van der Waals surface area contributed by atoms with E-state index in [1.54, 1.807) is 25.1 Å². The molecule has 0 aromatic heterocycles. The van der Waals surface area contributed by atoms with Gasteiger partial charge in [-0.2, -0.15) is 0 Å². The van der Waals surface area contributed by atoms with Gasteiger partial charge < -0.3 is 20.5 Å². The first-order valence-corrected chi connectivity index (χ1v) is 11.0. The van der Waals surface area contributed by atoms with Crippen LogP contribution in [0.5, 0.6) is 5.75 Å². The second-order valence-electron chi connectivity index (χ2n) is 8.39. The first-order chi connectivity index (χ1) is 16.1. The van der Waals surface area contributed by atoms with Crippen molar-refractivity contribution >= 4 is 23.4 Å². The number of hydrogen-bond donors (Lipinski definition) is 5. The second kappa shape index (κ2) is 10.4. The van der Waals surface area contributed by atoms with E-state index < -0.39 is 12.0 Å². The highest BCUT2D eigenvalue weighted by Crippen LogP contribution is 2.43. The van der Waals surface area contributed by atoms with Gasteiger partial charge in [0.15, 0.2) is 0 Å². The first kappa shape index (κ1) is 24.8. The molecule has 0 bridgehead atoms. The summed E-state index contributed by atoms with van der Waals surface area (Å²) in [6.07, 6.45) is 2.21. The summed E-state index contributed by atoms with van der Waals surface area (Å²) < 4.78 is 6.14. The molecule has 2 amide bonds. The van der Waals surface area contributed by atoms with Crippen molar-refractivity contribution in [3.8, 4) is 5.75 Å². The van der Waals surface area contributed by atoms with E-state index in [1.807, 2.05) is 19.1 Å². The molecule has 180 valence electrons. The average Bonchev–Trinajstić information content (AvgIpc) is 3.63. The highest BCUT2D eigenvalue weighted by Gasteiger charge is 2.28. The fourth-order valence-corrected chi connectivity index (χ4v) is 3.78. The third-order valence-corrected chi connectivity index (χ3v) is 5.84. The number of allylic oxidation sites excluding steroid dienone is 1. The van der Waals surface area contributed by atoms with Gasteiger partial charge in [0.1, 0.15) is 18.1 Å². The molecule has 2 aromatic rings. The number of carboxylic acid groups (broad SMARTS) is 1. The molecule has 0 aliphatic heterocycles. The topological polar surface area (TPSA) is 141 Å². The van der Waals surface area contributed by atoms with E-state index in [0.29, 0.717) is 28.5 Å². The minimum Gasteiger partial charge on any atom is -0.489 e. The minimum absolute atomic E-state index is 0.0163. The third kappa shape index (κ3) is 5.55. The van der Waals surface area contributed by atoms with Gasteiger partial charge >= 0.3 is 12.0 Å². The number of anilines is 1. The summed E-state index contributed by atoms with van der Waals surface area (Å²) in [5, 5.41) is 24.2. The summed E-state index contributed by atoms with van der Waals surface area (Å²) >= 11 is 0. The van der Waals surface area contributed by atoms with E-state index in [2.05, 4.69) is 16.7 Å². The molecule has 0 spiro atoms.